The molecule has 1 aliphatic carbocycles. The highest BCUT2D eigenvalue weighted by molar-refractivity contribution is 5.86. The van der Waals surface area contributed by atoms with Crippen molar-refractivity contribution in [2.75, 3.05) is 33.2 Å². The molecular weight excluding hydrogens is 618 g/mol. The maximum atomic E-state index is 13.9. The van der Waals surface area contributed by atoms with Gasteiger partial charge in [0.05, 0.1) is 39.3 Å². The molecule has 0 fully saturated rings. The Labute approximate surface area is 278 Å². The summed E-state index contributed by atoms with van der Waals surface area (Å²) in [6.07, 6.45) is 3.63. The van der Waals surface area contributed by atoms with Crippen LogP contribution in [0.2, 0.25) is 0 Å². The number of anilines is 1. The van der Waals surface area contributed by atoms with Crippen molar-refractivity contribution >= 4 is 17.5 Å². The number of nitrogens with one attached hydrogen (secondary N) is 3. The molecule has 5 rings (SSSR count). The zero-order chi connectivity index (χ0) is 34.4. The SMILES string of the molecule is CCC(C)C(Nc1ccc2c(cc1=O)C(NC(C)=O)CCc1cc(OC)c(OC)c(OC)c1-2)C(=O)NCCc1nc(-c2ccco2)no1. The summed E-state index contributed by atoms with van der Waals surface area (Å²) in [6.45, 7) is 5.62. The minimum atomic E-state index is -0.719. The number of carbonyl (C=O) groups excluding carboxylic acids is 2. The number of hydrogen-bond donors (Lipinski definition) is 3. The molecular formula is C35H41N5O8. The third-order valence-corrected chi connectivity index (χ3v) is 8.57. The number of benzene rings is 1. The van der Waals surface area contributed by atoms with Crippen molar-refractivity contribution in [3.63, 3.8) is 0 Å². The fourth-order valence-corrected chi connectivity index (χ4v) is 5.96. The summed E-state index contributed by atoms with van der Waals surface area (Å²) in [5.41, 5.74) is 2.90. The fraction of sp³-hybridized carbons (Fsp3) is 0.400. The predicted octanol–water partition coefficient (Wildman–Crippen LogP) is 4.69. The lowest BCUT2D eigenvalue weighted by atomic mass is 9.95. The Kier molecular flexibility index (Phi) is 10.7. The number of amides is 2. The minimum Gasteiger partial charge on any atom is -0.493 e. The molecule has 13 nitrogen and oxygen atoms in total. The van der Waals surface area contributed by atoms with Gasteiger partial charge in [-0.25, -0.2) is 0 Å². The zero-order valence-electron chi connectivity index (χ0n) is 28.0. The van der Waals surface area contributed by atoms with Gasteiger partial charge in [-0.3, -0.25) is 14.4 Å². The summed E-state index contributed by atoms with van der Waals surface area (Å²) in [6, 6.07) is 9.22. The van der Waals surface area contributed by atoms with Crippen LogP contribution < -0.4 is 35.6 Å². The number of nitrogens with zero attached hydrogens (tertiary/aromatic N) is 2. The van der Waals surface area contributed by atoms with Crippen molar-refractivity contribution in [2.45, 2.75) is 58.5 Å². The van der Waals surface area contributed by atoms with E-state index in [2.05, 4.69) is 26.1 Å². The van der Waals surface area contributed by atoms with E-state index in [1.165, 1.54) is 26.4 Å². The maximum absolute atomic E-state index is 13.9. The first-order valence-electron chi connectivity index (χ1n) is 15.9. The molecule has 3 unspecified atom stereocenters. The van der Waals surface area contributed by atoms with Gasteiger partial charge in [-0.1, -0.05) is 31.5 Å². The van der Waals surface area contributed by atoms with Crippen molar-refractivity contribution in [2.24, 2.45) is 5.92 Å². The molecule has 48 heavy (non-hydrogen) atoms. The van der Waals surface area contributed by atoms with E-state index >= 15 is 0 Å². The summed E-state index contributed by atoms with van der Waals surface area (Å²) in [5.74, 6) is 1.95. The molecule has 0 spiro atoms. The van der Waals surface area contributed by atoms with E-state index < -0.39 is 12.1 Å². The molecule has 13 heteroatoms. The second-order valence-electron chi connectivity index (χ2n) is 11.6. The van der Waals surface area contributed by atoms with E-state index in [0.717, 1.165) is 11.1 Å². The molecule has 0 saturated heterocycles. The van der Waals surface area contributed by atoms with Gasteiger partial charge in [0.2, 0.25) is 34.7 Å². The number of rotatable bonds is 13. The molecule has 254 valence electrons. The molecule has 4 aromatic rings. The van der Waals surface area contributed by atoms with Crippen LogP contribution in [0.15, 0.2) is 56.4 Å². The average Bonchev–Trinajstić information content (AvgIpc) is 3.73. The maximum Gasteiger partial charge on any atom is 0.242 e. The van der Waals surface area contributed by atoms with E-state index in [0.29, 0.717) is 71.5 Å². The summed E-state index contributed by atoms with van der Waals surface area (Å²) >= 11 is 0. The van der Waals surface area contributed by atoms with Crippen LogP contribution in [-0.4, -0.2) is 55.9 Å². The number of hydrogen-bond acceptors (Lipinski definition) is 11. The Hall–Kier alpha value is -5.33. The number of methoxy groups -OCH3 is 3. The van der Waals surface area contributed by atoms with Crippen LogP contribution in [0.1, 0.15) is 56.7 Å². The van der Waals surface area contributed by atoms with Crippen LogP contribution >= 0.6 is 0 Å². The number of carbonyl (C=O) groups is 2. The number of aromatic nitrogens is 2. The highest BCUT2D eigenvalue weighted by Gasteiger charge is 2.30. The topological polar surface area (TPSA) is 167 Å². The first kappa shape index (κ1) is 34.0. The van der Waals surface area contributed by atoms with Gasteiger partial charge < -0.3 is 39.1 Å². The molecule has 2 aromatic carbocycles. The Morgan fingerprint density at radius 3 is 2.54 bits per heavy atom. The summed E-state index contributed by atoms with van der Waals surface area (Å²) < 4.78 is 27.8. The lowest BCUT2D eigenvalue weighted by Gasteiger charge is -2.24. The van der Waals surface area contributed by atoms with E-state index in [1.807, 2.05) is 26.0 Å². The molecule has 0 radical (unpaired) electrons. The van der Waals surface area contributed by atoms with Crippen LogP contribution in [0.5, 0.6) is 17.2 Å². The van der Waals surface area contributed by atoms with Crippen LogP contribution in [0.4, 0.5) is 5.69 Å². The summed E-state index contributed by atoms with van der Waals surface area (Å²) in [4.78, 5) is 44.0. The molecule has 2 amide bonds. The second-order valence-corrected chi connectivity index (χ2v) is 11.6. The Morgan fingerprint density at radius 1 is 1.08 bits per heavy atom. The van der Waals surface area contributed by atoms with Gasteiger partial charge in [-0.15, -0.1) is 0 Å². The number of furan rings is 1. The van der Waals surface area contributed by atoms with Gasteiger partial charge in [-0.05, 0) is 65.8 Å². The standard InChI is InChI=1S/C35H41N5O8/c1-7-19(2)31(35(43)36-15-14-29-39-34(40-48-29)27-9-8-16-47-27)38-25-13-11-22-23(18-26(25)42)24(37-20(3)41)12-10-21-17-28(44-4)32(45-5)33(46-6)30(21)22/h8-9,11,13,16-19,24,31H,7,10,12,14-15H2,1-6H3,(H,36,43)(H,37,41)(H,38,42). The zero-order valence-corrected chi connectivity index (χ0v) is 28.0. The van der Waals surface area contributed by atoms with Crippen LogP contribution in [0.25, 0.3) is 22.7 Å². The fourth-order valence-electron chi connectivity index (χ4n) is 5.96. The van der Waals surface area contributed by atoms with Gasteiger partial charge in [-0.2, -0.15) is 4.98 Å². The van der Waals surface area contributed by atoms with Gasteiger partial charge >= 0.3 is 0 Å². The summed E-state index contributed by atoms with van der Waals surface area (Å²) in [7, 11) is 4.64. The lowest BCUT2D eigenvalue weighted by Crippen LogP contribution is -2.45. The number of aryl methyl sites for hydroxylation is 1. The monoisotopic (exact) mass is 659 g/mol. The smallest absolute Gasteiger partial charge is 0.242 e. The molecule has 2 heterocycles. The molecule has 0 saturated carbocycles. The van der Waals surface area contributed by atoms with E-state index in [1.54, 1.807) is 32.4 Å². The highest BCUT2D eigenvalue weighted by Crippen LogP contribution is 2.50. The number of fused-ring (bicyclic) bond motifs is 3. The van der Waals surface area contributed by atoms with Crippen molar-refractivity contribution in [3.8, 4) is 40.0 Å². The van der Waals surface area contributed by atoms with Crippen molar-refractivity contribution in [1.82, 2.24) is 20.8 Å². The van der Waals surface area contributed by atoms with Gasteiger partial charge in [0.15, 0.2) is 17.3 Å². The van der Waals surface area contributed by atoms with Gasteiger partial charge in [0.25, 0.3) is 0 Å². The molecule has 0 aliphatic heterocycles. The quantitative estimate of drug-likeness (QED) is 0.182. The van der Waals surface area contributed by atoms with Crippen molar-refractivity contribution in [1.29, 1.82) is 0 Å². The van der Waals surface area contributed by atoms with E-state index in [4.69, 9.17) is 23.2 Å². The highest BCUT2D eigenvalue weighted by atomic mass is 16.5. The minimum absolute atomic E-state index is 0.119. The van der Waals surface area contributed by atoms with Crippen molar-refractivity contribution in [3.05, 3.63) is 69.9 Å². The van der Waals surface area contributed by atoms with E-state index in [-0.39, 0.29) is 35.4 Å². The van der Waals surface area contributed by atoms with Crippen molar-refractivity contribution < 1.29 is 32.7 Å². The summed E-state index contributed by atoms with van der Waals surface area (Å²) in [5, 5.41) is 13.1. The van der Waals surface area contributed by atoms with Crippen LogP contribution in [0, 0.1) is 5.92 Å². The molecule has 2 aromatic heterocycles. The predicted molar refractivity (Wildman–Crippen MR) is 178 cm³/mol. The van der Waals surface area contributed by atoms with Gasteiger partial charge in [0.1, 0.15) is 6.04 Å². The second kappa shape index (κ2) is 15.1. The first-order valence-corrected chi connectivity index (χ1v) is 15.9. The van der Waals surface area contributed by atoms with Crippen LogP contribution in [-0.2, 0) is 22.4 Å². The normalized spacial score (nSPS) is 14.8. The van der Waals surface area contributed by atoms with E-state index in [9.17, 15) is 14.4 Å². The lowest BCUT2D eigenvalue weighted by molar-refractivity contribution is -0.123. The molecule has 0 bridgehead atoms. The molecule has 1 aliphatic rings. The Balaban J connectivity index is 1.46. The average molecular weight is 660 g/mol. The Morgan fingerprint density at radius 2 is 1.88 bits per heavy atom. The third kappa shape index (κ3) is 7.14. The molecule has 3 N–H and O–H groups in total. The first-order chi connectivity index (χ1) is 23.2. The van der Waals surface area contributed by atoms with Gasteiger partial charge in [0, 0.05) is 25.5 Å². The Bertz CT molecular complexity index is 1820. The third-order valence-electron chi connectivity index (χ3n) is 8.57. The number of ether oxygens (including phenoxy) is 3. The van der Waals surface area contributed by atoms with Crippen LogP contribution in [0.3, 0.4) is 0 Å². The molecule has 3 atom stereocenters. The largest absolute Gasteiger partial charge is 0.493 e.